The van der Waals surface area contributed by atoms with E-state index in [0.717, 1.165) is 10.9 Å². The van der Waals surface area contributed by atoms with Gasteiger partial charge in [-0.25, -0.2) is 0 Å². The predicted octanol–water partition coefficient (Wildman–Crippen LogP) is 2.15. The smallest absolute Gasteiger partial charge is 0.258 e. The third-order valence-electron chi connectivity index (χ3n) is 2.79. The monoisotopic (exact) mass is 240 g/mol. The number of rotatable bonds is 2. The van der Waals surface area contributed by atoms with Gasteiger partial charge in [-0.2, -0.15) is 5.10 Å². The molecular weight excluding hydrogens is 228 g/mol. The second kappa shape index (κ2) is 4.03. The zero-order valence-corrected chi connectivity index (χ0v) is 9.84. The van der Waals surface area contributed by atoms with Gasteiger partial charge < -0.3 is 10.3 Å². The molecule has 0 atom stereocenters. The van der Waals surface area contributed by atoms with Gasteiger partial charge in [0.1, 0.15) is 0 Å². The maximum absolute atomic E-state index is 12.2. The molecule has 0 saturated heterocycles. The van der Waals surface area contributed by atoms with Crippen LogP contribution in [0.5, 0.6) is 0 Å². The minimum absolute atomic E-state index is 0.165. The number of anilines is 1. The minimum atomic E-state index is -0.165. The van der Waals surface area contributed by atoms with Crippen LogP contribution in [0.15, 0.2) is 42.7 Å². The van der Waals surface area contributed by atoms with Gasteiger partial charge in [-0.05, 0) is 12.1 Å². The molecule has 0 spiro atoms. The summed E-state index contributed by atoms with van der Waals surface area (Å²) in [4.78, 5) is 15.2. The molecule has 3 aromatic rings. The first-order valence-electron chi connectivity index (χ1n) is 5.61. The first-order chi connectivity index (χ1) is 8.74. The summed E-state index contributed by atoms with van der Waals surface area (Å²) in [6, 6.07) is 9.31. The number of para-hydroxylation sites is 1. The molecule has 0 fully saturated rings. The van der Waals surface area contributed by atoms with Crippen molar-refractivity contribution in [3.05, 3.63) is 48.3 Å². The van der Waals surface area contributed by atoms with Crippen LogP contribution in [0.4, 0.5) is 5.82 Å². The van der Waals surface area contributed by atoms with E-state index >= 15 is 0 Å². The quantitative estimate of drug-likeness (QED) is 0.721. The molecule has 2 aromatic heterocycles. The molecule has 0 aliphatic carbocycles. The normalized spacial score (nSPS) is 10.7. The van der Waals surface area contributed by atoms with Crippen molar-refractivity contribution in [3.63, 3.8) is 0 Å². The second-order valence-corrected chi connectivity index (χ2v) is 4.08. The number of aromatic amines is 1. The van der Waals surface area contributed by atoms with E-state index in [0.29, 0.717) is 11.4 Å². The van der Waals surface area contributed by atoms with E-state index in [1.54, 1.807) is 30.1 Å². The summed E-state index contributed by atoms with van der Waals surface area (Å²) in [5.41, 5.74) is 1.45. The van der Waals surface area contributed by atoms with Gasteiger partial charge in [0.15, 0.2) is 5.82 Å². The highest BCUT2D eigenvalue weighted by atomic mass is 16.1. The second-order valence-electron chi connectivity index (χ2n) is 4.08. The van der Waals surface area contributed by atoms with Gasteiger partial charge in [0.2, 0.25) is 0 Å². The standard InChI is InChI=1S/C13H12N4O/c1-17-8-6-11(16-17)15-13(18)10-4-2-3-9-5-7-14-12(9)10/h2-8,14H,1H3,(H,15,16,18). The number of aryl methyl sites for hydroxylation is 1. The van der Waals surface area contributed by atoms with Crippen LogP contribution in [0, 0.1) is 0 Å². The number of carbonyl (C=O) groups is 1. The molecule has 1 aromatic carbocycles. The number of nitrogens with zero attached hydrogens (tertiary/aromatic N) is 2. The summed E-state index contributed by atoms with van der Waals surface area (Å²) in [5.74, 6) is 0.382. The van der Waals surface area contributed by atoms with Crippen LogP contribution in [0.3, 0.4) is 0 Å². The number of nitrogens with one attached hydrogen (secondary N) is 2. The summed E-state index contributed by atoms with van der Waals surface area (Å²) in [7, 11) is 1.81. The number of hydrogen-bond acceptors (Lipinski definition) is 2. The molecule has 0 bridgehead atoms. The first-order valence-corrected chi connectivity index (χ1v) is 5.61. The molecule has 0 saturated carbocycles. The summed E-state index contributed by atoms with van der Waals surface area (Å²) >= 11 is 0. The van der Waals surface area contributed by atoms with Crippen LogP contribution in [-0.2, 0) is 7.05 Å². The van der Waals surface area contributed by atoms with Crippen LogP contribution < -0.4 is 5.32 Å². The van der Waals surface area contributed by atoms with E-state index in [4.69, 9.17) is 0 Å². The first kappa shape index (κ1) is 10.6. The van der Waals surface area contributed by atoms with Crippen LogP contribution in [0.25, 0.3) is 10.9 Å². The van der Waals surface area contributed by atoms with Gasteiger partial charge >= 0.3 is 0 Å². The predicted molar refractivity (Wildman–Crippen MR) is 69.5 cm³/mol. The number of hydrogen-bond donors (Lipinski definition) is 2. The number of benzene rings is 1. The number of carbonyl (C=O) groups excluding carboxylic acids is 1. The minimum Gasteiger partial charge on any atom is -0.361 e. The van der Waals surface area contributed by atoms with E-state index in [1.807, 2.05) is 24.4 Å². The fourth-order valence-electron chi connectivity index (χ4n) is 1.94. The van der Waals surface area contributed by atoms with Gasteiger partial charge in [0.25, 0.3) is 5.91 Å². The van der Waals surface area contributed by atoms with Crippen LogP contribution in [0.1, 0.15) is 10.4 Å². The fraction of sp³-hybridized carbons (Fsp3) is 0.0769. The van der Waals surface area contributed by atoms with Gasteiger partial charge in [0.05, 0.1) is 11.1 Å². The molecule has 0 unspecified atom stereocenters. The Balaban J connectivity index is 1.94. The van der Waals surface area contributed by atoms with Crippen LogP contribution >= 0.6 is 0 Å². The van der Waals surface area contributed by atoms with E-state index in [1.165, 1.54) is 0 Å². The summed E-state index contributed by atoms with van der Waals surface area (Å²) in [5, 5.41) is 7.91. The molecular formula is C13H12N4O. The van der Waals surface area contributed by atoms with Gasteiger partial charge in [-0.1, -0.05) is 12.1 Å². The molecule has 1 amide bonds. The lowest BCUT2D eigenvalue weighted by Gasteiger charge is -2.03. The van der Waals surface area contributed by atoms with Crippen molar-refractivity contribution in [1.82, 2.24) is 14.8 Å². The highest BCUT2D eigenvalue weighted by molar-refractivity contribution is 6.11. The average molecular weight is 240 g/mol. The van der Waals surface area contributed by atoms with Crippen molar-refractivity contribution in [2.75, 3.05) is 5.32 Å². The van der Waals surface area contributed by atoms with Gasteiger partial charge in [-0.3, -0.25) is 9.48 Å². The Labute approximate surface area is 103 Å². The zero-order chi connectivity index (χ0) is 12.5. The lowest BCUT2D eigenvalue weighted by Crippen LogP contribution is -2.13. The van der Waals surface area contributed by atoms with Crippen molar-refractivity contribution in [3.8, 4) is 0 Å². The lowest BCUT2D eigenvalue weighted by molar-refractivity contribution is 0.102. The van der Waals surface area contributed by atoms with Crippen molar-refractivity contribution < 1.29 is 4.79 Å². The Morgan fingerprint density at radius 3 is 3.00 bits per heavy atom. The highest BCUT2D eigenvalue weighted by Gasteiger charge is 2.11. The van der Waals surface area contributed by atoms with Crippen LogP contribution in [0.2, 0.25) is 0 Å². The number of fused-ring (bicyclic) bond motifs is 1. The Morgan fingerprint density at radius 1 is 1.33 bits per heavy atom. The molecule has 0 aliphatic rings. The number of aromatic nitrogens is 3. The average Bonchev–Trinajstić information content (AvgIpc) is 2.97. The van der Waals surface area contributed by atoms with E-state index in [9.17, 15) is 4.79 Å². The maximum Gasteiger partial charge on any atom is 0.258 e. The Bertz CT molecular complexity index is 710. The molecule has 2 N–H and O–H groups in total. The molecule has 90 valence electrons. The van der Waals surface area contributed by atoms with Gasteiger partial charge in [0, 0.05) is 30.9 Å². The summed E-state index contributed by atoms with van der Waals surface area (Å²) in [6.07, 6.45) is 3.60. The Morgan fingerprint density at radius 2 is 2.22 bits per heavy atom. The number of H-pyrrole nitrogens is 1. The molecule has 2 heterocycles. The van der Waals surface area contributed by atoms with Crippen LogP contribution in [-0.4, -0.2) is 20.7 Å². The SMILES string of the molecule is Cn1ccc(NC(=O)c2cccc3cc[nH]c23)n1. The van der Waals surface area contributed by atoms with Crippen molar-refractivity contribution in [2.24, 2.45) is 7.05 Å². The van der Waals surface area contributed by atoms with E-state index in [-0.39, 0.29) is 5.91 Å². The van der Waals surface area contributed by atoms with Crippen molar-refractivity contribution in [2.45, 2.75) is 0 Å². The third kappa shape index (κ3) is 1.75. The maximum atomic E-state index is 12.2. The van der Waals surface area contributed by atoms with Gasteiger partial charge in [-0.15, -0.1) is 0 Å². The third-order valence-corrected chi connectivity index (χ3v) is 2.79. The molecule has 0 radical (unpaired) electrons. The van der Waals surface area contributed by atoms with E-state index in [2.05, 4.69) is 15.4 Å². The number of amides is 1. The molecule has 5 nitrogen and oxygen atoms in total. The fourth-order valence-corrected chi connectivity index (χ4v) is 1.94. The topological polar surface area (TPSA) is 62.7 Å². The summed E-state index contributed by atoms with van der Waals surface area (Å²) in [6.45, 7) is 0. The molecule has 5 heteroatoms. The lowest BCUT2D eigenvalue weighted by atomic mass is 10.1. The summed E-state index contributed by atoms with van der Waals surface area (Å²) < 4.78 is 1.64. The largest absolute Gasteiger partial charge is 0.361 e. The van der Waals surface area contributed by atoms with Crippen molar-refractivity contribution >= 4 is 22.6 Å². The molecule has 3 rings (SSSR count). The Kier molecular flexibility index (Phi) is 2.37. The zero-order valence-electron chi connectivity index (χ0n) is 9.84. The highest BCUT2D eigenvalue weighted by Crippen LogP contribution is 2.17. The van der Waals surface area contributed by atoms with Crippen molar-refractivity contribution in [1.29, 1.82) is 0 Å². The Hall–Kier alpha value is -2.56. The molecule has 18 heavy (non-hydrogen) atoms. The van der Waals surface area contributed by atoms with E-state index < -0.39 is 0 Å². The molecule has 0 aliphatic heterocycles.